The number of aliphatic carboxylic acids is 1. The van der Waals surface area contributed by atoms with Gasteiger partial charge in [-0.25, -0.2) is 0 Å². The fourth-order valence-corrected chi connectivity index (χ4v) is 2.63. The van der Waals surface area contributed by atoms with E-state index < -0.39 is 5.97 Å². The second-order valence-corrected chi connectivity index (χ2v) is 5.62. The van der Waals surface area contributed by atoms with E-state index in [9.17, 15) is 9.59 Å². The Bertz CT molecular complexity index is 500. The van der Waals surface area contributed by atoms with Crippen molar-refractivity contribution in [1.82, 2.24) is 5.32 Å². The Morgan fingerprint density at radius 3 is 2.61 bits per heavy atom. The van der Waals surface area contributed by atoms with Crippen LogP contribution in [0, 0.1) is 5.92 Å². The Labute approximate surface area is 117 Å². The minimum atomic E-state index is -0.804. The van der Waals surface area contributed by atoms with Crippen LogP contribution >= 0.6 is 27.5 Å². The normalized spacial score (nSPS) is 22.1. The molecular formula is C12H11BrClNO3. The molecule has 0 bridgehead atoms. The molecule has 1 fully saturated rings. The highest BCUT2D eigenvalue weighted by atomic mass is 79.9. The van der Waals surface area contributed by atoms with Crippen molar-refractivity contribution in [3.63, 3.8) is 0 Å². The maximum absolute atomic E-state index is 11.9. The van der Waals surface area contributed by atoms with E-state index in [4.69, 9.17) is 16.7 Å². The topological polar surface area (TPSA) is 66.4 Å². The summed E-state index contributed by atoms with van der Waals surface area (Å²) in [7, 11) is 0. The molecule has 1 aliphatic carbocycles. The van der Waals surface area contributed by atoms with E-state index >= 15 is 0 Å². The molecular weight excluding hydrogens is 321 g/mol. The molecule has 2 N–H and O–H groups in total. The first-order chi connectivity index (χ1) is 8.47. The quantitative estimate of drug-likeness (QED) is 0.894. The third kappa shape index (κ3) is 2.84. The van der Waals surface area contributed by atoms with Crippen molar-refractivity contribution in [3.05, 3.63) is 33.3 Å². The lowest BCUT2D eigenvalue weighted by Gasteiger charge is -2.32. The number of hydrogen-bond donors (Lipinski definition) is 2. The summed E-state index contributed by atoms with van der Waals surface area (Å²) in [5.74, 6) is -1.40. The van der Waals surface area contributed by atoms with Crippen LogP contribution in [0.15, 0.2) is 22.7 Å². The van der Waals surface area contributed by atoms with Gasteiger partial charge in [0.1, 0.15) is 0 Å². The summed E-state index contributed by atoms with van der Waals surface area (Å²) in [5, 5.41) is 11.9. The number of nitrogens with one attached hydrogen (secondary N) is 1. The van der Waals surface area contributed by atoms with E-state index in [1.807, 2.05) is 0 Å². The Balaban J connectivity index is 1.95. The van der Waals surface area contributed by atoms with Gasteiger partial charge in [0.15, 0.2) is 0 Å². The Morgan fingerprint density at radius 2 is 2.06 bits per heavy atom. The highest BCUT2D eigenvalue weighted by Crippen LogP contribution is 2.28. The lowest BCUT2D eigenvalue weighted by Crippen LogP contribution is -2.46. The zero-order valence-electron chi connectivity index (χ0n) is 9.32. The van der Waals surface area contributed by atoms with Crippen molar-refractivity contribution >= 4 is 39.4 Å². The standard InChI is InChI=1S/C12H11BrClNO3/c13-7-1-2-9(10(14)5-7)11(16)15-8-3-6(4-8)12(17)18/h1-2,5-6,8H,3-4H2,(H,15,16)(H,17,18). The Morgan fingerprint density at radius 1 is 1.39 bits per heavy atom. The fraction of sp³-hybridized carbons (Fsp3) is 0.333. The molecule has 0 saturated heterocycles. The molecule has 0 aromatic heterocycles. The van der Waals surface area contributed by atoms with Gasteiger partial charge in [-0.2, -0.15) is 0 Å². The number of benzene rings is 1. The summed E-state index contributed by atoms with van der Waals surface area (Å²) < 4.78 is 0.804. The van der Waals surface area contributed by atoms with Crippen LogP contribution in [0.3, 0.4) is 0 Å². The molecule has 1 saturated carbocycles. The first-order valence-electron chi connectivity index (χ1n) is 5.46. The summed E-state index contributed by atoms with van der Waals surface area (Å²) in [6, 6.07) is 4.95. The molecule has 0 atom stereocenters. The lowest BCUT2D eigenvalue weighted by atomic mass is 9.80. The van der Waals surface area contributed by atoms with Crippen LogP contribution in [-0.4, -0.2) is 23.0 Å². The van der Waals surface area contributed by atoms with Gasteiger partial charge in [0.2, 0.25) is 0 Å². The van der Waals surface area contributed by atoms with Gasteiger partial charge < -0.3 is 10.4 Å². The van der Waals surface area contributed by atoms with Crippen LogP contribution in [0.1, 0.15) is 23.2 Å². The highest BCUT2D eigenvalue weighted by molar-refractivity contribution is 9.10. The van der Waals surface area contributed by atoms with E-state index in [-0.39, 0.29) is 17.9 Å². The van der Waals surface area contributed by atoms with E-state index in [1.165, 1.54) is 0 Å². The van der Waals surface area contributed by atoms with Gasteiger partial charge in [-0.05, 0) is 31.0 Å². The molecule has 0 heterocycles. The molecule has 1 amide bonds. The van der Waals surface area contributed by atoms with Crippen LogP contribution in [-0.2, 0) is 4.79 Å². The number of rotatable bonds is 3. The van der Waals surface area contributed by atoms with Gasteiger partial charge in [0.25, 0.3) is 5.91 Å². The first-order valence-corrected chi connectivity index (χ1v) is 6.63. The number of carboxylic acid groups (broad SMARTS) is 1. The molecule has 0 aliphatic heterocycles. The molecule has 96 valence electrons. The van der Waals surface area contributed by atoms with Crippen molar-refractivity contribution in [2.75, 3.05) is 0 Å². The minimum Gasteiger partial charge on any atom is -0.481 e. The highest BCUT2D eigenvalue weighted by Gasteiger charge is 2.35. The molecule has 0 unspecified atom stereocenters. The van der Waals surface area contributed by atoms with Crippen molar-refractivity contribution < 1.29 is 14.7 Å². The van der Waals surface area contributed by atoms with Crippen molar-refractivity contribution in [2.24, 2.45) is 5.92 Å². The monoisotopic (exact) mass is 331 g/mol. The Kier molecular flexibility index (Phi) is 3.92. The molecule has 0 spiro atoms. The average molecular weight is 333 g/mol. The van der Waals surface area contributed by atoms with E-state index in [0.29, 0.717) is 23.4 Å². The van der Waals surface area contributed by atoms with Gasteiger partial charge in [0.05, 0.1) is 16.5 Å². The van der Waals surface area contributed by atoms with E-state index in [2.05, 4.69) is 21.2 Å². The molecule has 4 nitrogen and oxygen atoms in total. The summed E-state index contributed by atoms with van der Waals surface area (Å²) in [6.07, 6.45) is 0.963. The predicted octanol–water partition coefficient (Wildman–Crippen LogP) is 2.70. The summed E-state index contributed by atoms with van der Waals surface area (Å²) in [6.45, 7) is 0. The number of halogens is 2. The predicted molar refractivity (Wildman–Crippen MR) is 70.8 cm³/mol. The maximum Gasteiger partial charge on any atom is 0.306 e. The smallest absolute Gasteiger partial charge is 0.306 e. The largest absolute Gasteiger partial charge is 0.481 e. The number of carbonyl (C=O) groups is 2. The summed E-state index contributed by atoms with van der Waals surface area (Å²) in [4.78, 5) is 22.5. The number of amides is 1. The summed E-state index contributed by atoms with van der Waals surface area (Å²) in [5.41, 5.74) is 0.402. The molecule has 1 aromatic rings. The zero-order chi connectivity index (χ0) is 13.3. The molecule has 1 aromatic carbocycles. The van der Waals surface area contributed by atoms with Crippen LogP contribution in [0.2, 0.25) is 5.02 Å². The zero-order valence-corrected chi connectivity index (χ0v) is 11.7. The van der Waals surface area contributed by atoms with E-state index in [1.54, 1.807) is 18.2 Å². The molecule has 18 heavy (non-hydrogen) atoms. The van der Waals surface area contributed by atoms with Gasteiger partial charge >= 0.3 is 5.97 Å². The number of carbonyl (C=O) groups excluding carboxylic acids is 1. The van der Waals surface area contributed by atoms with Crippen molar-refractivity contribution in [2.45, 2.75) is 18.9 Å². The van der Waals surface area contributed by atoms with Crippen LogP contribution in [0.5, 0.6) is 0 Å². The van der Waals surface area contributed by atoms with Gasteiger partial charge in [-0.3, -0.25) is 9.59 Å². The number of hydrogen-bond acceptors (Lipinski definition) is 2. The van der Waals surface area contributed by atoms with Crippen LogP contribution in [0.4, 0.5) is 0 Å². The molecule has 1 aliphatic rings. The van der Waals surface area contributed by atoms with E-state index in [0.717, 1.165) is 4.47 Å². The van der Waals surface area contributed by atoms with Crippen LogP contribution < -0.4 is 5.32 Å². The van der Waals surface area contributed by atoms with Crippen molar-refractivity contribution in [3.8, 4) is 0 Å². The van der Waals surface area contributed by atoms with Crippen LogP contribution in [0.25, 0.3) is 0 Å². The third-order valence-corrected chi connectivity index (χ3v) is 3.80. The Hall–Kier alpha value is -1.07. The SMILES string of the molecule is O=C(NC1CC(C(=O)O)C1)c1ccc(Br)cc1Cl. The second kappa shape index (κ2) is 5.28. The first kappa shape index (κ1) is 13.4. The molecule has 2 rings (SSSR count). The van der Waals surface area contributed by atoms with Gasteiger partial charge in [-0.1, -0.05) is 27.5 Å². The van der Waals surface area contributed by atoms with Crippen molar-refractivity contribution in [1.29, 1.82) is 0 Å². The minimum absolute atomic E-state index is 0.0710. The lowest BCUT2D eigenvalue weighted by molar-refractivity contribution is -0.145. The number of carboxylic acids is 1. The van der Waals surface area contributed by atoms with Gasteiger partial charge in [-0.15, -0.1) is 0 Å². The third-order valence-electron chi connectivity index (χ3n) is 3.00. The second-order valence-electron chi connectivity index (χ2n) is 4.30. The maximum atomic E-state index is 11.9. The molecule has 0 radical (unpaired) electrons. The average Bonchev–Trinajstić information content (AvgIpc) is 2.21. The summed E-state index contributed by atoms with van der Waals surface area (Å²) >= 11 is 9.23. The molecule has 6 heteroatoms. The fourth-order valence-electron chi connectivity index (χ4n) is 1.87. The van der Waals surface area contributed by atoms with Gasteiger partial charge in [0, 0.05) is 10.5 Å².